The highest BCUT2D eigenvalue weighted by molar-refractivity contribution is 5.78. The number of carbonyl (C=O) groups is 1. The Hall–Kier alpha value is -2.67. The van der Waals surface area contributed by atoms with Crippen molar-refractivity contribution >= 4 is 17.1 Å². The van der Waals surface area contributed by atoms with Crippen LogP contribution in [-0.4, -0.2) is 52.1 Å². The lowest BCUT2D eigenvalue weighted by molar-refractivity contribution is -0.131. The average Bonchev–Trinajstić information content (AvgIpc) is 3.37. The van der Waals surface area contributed by atoms with Gasteiger partial charge < -0.3 is 18.6 Å². The molecule has 1 saturated heterocycles. The molecule has 4 heterocycles. The monoisotopic (exact) mass is 340 g/mol. The molecule has 0 aliphatic carbocycles. The molecule has 0 radical (unpaired) electrons. The Bertz CT molecular complexity index is 872. The summed E-state index contributed by atoms with van der Waals surface area (Å²) >= 11 is 0. The molecule has 0 aromatic carbocycles. The number of methoxy groups -OCH3 is 1. The van der Waals surface area contributed by atoms with E-state index in [1.54, 1.807) is 19.6 Å². The fraction of sp³-hybridized carbons (Fsp3) is 0.389. The van der Waals surface area contributed by atoms with Gasteiger partial charge in [0.05, 0.1) is 25.3 Å². The van der Waals surface area contributed by atoms with E-state index >= 15 is 0 Å². The van der Waals surface area contributed by atoms with E-state index in [0.717, 1.165) is 30.0 Å². The number of imidazole rings is 1. The molecule has 0 N–H and O–H groups in total. The Balaban J connectivity index is 1.67. The molecule has 0 bridgehead atoms. The molecule has 4 rings (SSSR count). The number of hydrogen-bond acceptors (Lipinski definition) is 5. The van der Waals surface area contributed by atoms with Gasteiger partial charge in [0, 0.05) is 26.4 Å². The second-order valence-corrected chi connectivity index (χ2v) is 6.15. The minimum Gasteiger partial charge on any atom is -0.461 e. The van der Waals surface area contributed by atoms with Gasteiger partial charge >= 0.3 is 0 Å². The van der Waals surface area contributed by atoms with Crippen molar-refractivity contribution in [3.05, 3.63) is 36.7 Å². The van der Waals surface area contributed by atoms with Crippen LogP contribution >= 0.6 is 0 Å². The first kappa shape index (κ1) is 15.8. The smallest absolute Gasteiger partial charge is 0.224 e. The lowest BCUT2D eigenvalue weighted by atomic mass is 10.2. The second kappa shape index (κ2) is 6.68. The summed E-state index contributed by atoms with van der Waals surface area (Å²) in [6.45, 7) is 1.84. The van der Waals surface area contributed by atoms with Crippen LogP contribution in [-0.2, 0) is 9.53 Å². The maximum atomic E-state index is 12.3. The summed E-state index contributed by atoms with van der Waals surface area (Å²) < 4.78 is 12.7. The van der Waals surface area contributed by atoms with Crippen LogP contribution in [0.4, 0.5) is 0 Å². The van der Waals surface area contributed by atoms with Gasteiger partial charge in [-0.2, -0.15) is 0 Å². The second-order valence-electron chi connectivity index (χ2n) is 6.15. The van der Waals surface area contributed by atoms with Crippen LogP contribution in [0, 0.1) is 0 Å². The molecular formula is C18H20N4O3. The first-order valence-electron chi connectivity index (χ1n) is 8.41. The molecule has 3 aromatic rings. The maximum Gasteiger partial charge on any atom is 0.224 e. The highest BCUT2D eigenvalue weighted by Crippen LogP contribution is 2.32. The highest BCUT2D eigenvalue weighted by Gasteiger charge is 2.31. The molecule has 25 heavy (non-hydrogen) atoms. The van der Waals surface area contributed by atoms with Gasteiger partial charge in [0.1, 0.15) is 5.52 Å². The summed E-state index contributed by atoms with van der Waals surface area (Å²) in [4.78, 5) is 23.4. The third kappa shape index (κ3) is 2.91. The largest absolute Gasteiger partial charge is 0.461 e. The number of pyridine rings is 1. The molecule has 1 aliphatic heterocycles. The van der Waals surface area contributed by atoms with E-state index in [1.165, 1.54) is 0 Å². The van der Waals surface area contributed by atoms with Crippen molar-refractivity contribution in [3.63, 3.8) is 0 Å². The zero-order valence-electron chi connectivity index (χ0n) is 14.1. The van der Waals surface area contributed by atoms with Crippen molar-refractivity contribution in [2.24, 2.45) is 0 Å². The number of amides is 1. The molecular weight excluding hydrogens is 320 g/mol. The summed E-state index contributed by atoms with van der Waals surface area (Å²) in [5, 5.41) is 0. The predicted molar refractivity (Wildman–Crippen MR) is 92.0 cm³/mol. The van der Waals surface area contributed by atoms with Crippen molar-refractivity contribution in [2.75, 3.05) is 26.8 Å². The summed E-state index contributed by atoms with van der Waals surface area (Å²) in [6.07, 6.45) is 4.69. The fourth-order valence-corrected chi connectivity index (χ4v) is 3.38. The van der Waals surface area contributed by atoms with Crippen molar-refractivity contribution in [2.45, 2.75) is 18.9 Å². The number of hydrogen-bond donors (Lipinski definition) is 0. The minimum atomic E-state index is 0.126. The number of fused-ring (bicyclic) bond motifs is 1. The number of ether oxygens (including phenoxy) is 1. The van der Waals surface area contributed by atoms with E-state index in [1.807, 2.05) is 29.2 Å². The van der Waals surface area contributed by atoms with Gasteiger partial charge in [0.2, 0.25) is 5.91 Å². The molecule has 7 nitrogen and oxygen atoms in total. The van der Waals surface area contributed by atoms with Gasteiger partial charge in [-0.15, -0.1) is 0 Å². The SMILES string of the molecule is COCCC(=O)N1CC[C@@H](n2c(-c3ccco3)nc3cccnc32)C1. The van der Waals surface area contributed by atoms with E-state index < -0.39 is 0 Å². The first-order valence-corrected chi connectivity index (χ1v) is 8.41. The molecule has 1 atom stereocenters. The van der Waals surface area contributed by atoms with Gasteiger partial charge in [-0.1, -0.05) is 0 Å². The van der Waals surface area contributed by atoms with Gasteiger partial charge in [-0.05, 0) is 30.7 Å². The summed E-state index contributed by atoms with van der Waals surface area (Å²) in [5.41, 5.74) is 1.66. The molecule has 7 heteroatoms. The van der Waals surface area contributed by atoms with Crippen LogP contribution in [0.2, 0.25) is 0 Å². The van der Waals surface area contributed by atoms with Crippen molar-refractivity contribution < 1.29 is 13.9 Å². The predicted octanol–water partition coefficient (Wildman–Crippen LogP) is 2.50. The normalized spacial score (nSPS) is 17.5. The Kier molecular flexibility index (Phi) is 4.23. The Morgan fingerprint density at radius 2 is 2.32 bits per heavy atom. The summed E-state index contributed by atoms with van der Waals surface area (Å²) in [6, 6.07) is 7.70. The van der Waals surface area contributed by atoms with Crippen LogP contribution in [0.25, 0.3) is 22.7 Å². The zero-order valence-corrected chi connectivity index (χ0v) is 14.1. The maximum absolute atomic E-state index is 12.3. The van der Waals surface area contributed by atoms with Crippen molar-refractivity contribution in [1.82, 2.24) is 19.4 Å². The number of likely N-dealkylation sites (tertiary alicyclic amines) is 1. The van der Waals surface area contributed by atoms with Gasteiger partial charge in [-0.3, -0.25) is 4.79 Å². The average molecular weight is 340 g/mol. The van der Waals surface area contributed by atoms with E-state index in [0.29, 0.717) is 25.3 Å². The first-order chi connectivity index (χ1) is 12.3. The molecule has 130 valence electrons. The molecule has 0 saturated carbocycles. The topological polar surface area (TPSA) is 73.4 Å². The molecule has 1 amide bonds. The molecule has 0 spiro atoms. The van der Waals surface area contributed by atoms with Crippen LogP contribution < -0.4 is 0 Å². The summed E-state index contributed by atoms with van der Waals surface area (Å²) in [7, 11) is 1.61. The van der Waals surface area contributed by atoms with Gasteiger partial charge in [0.15, 0.2) is 17.2 Å². The lowest BCUT2D eigenvalue weighted by Crippen LogP contribution is -2.29. The molecule has 1 fully saturated rings. The quantitative estimate of drug-likeness (QED) is 0.713. The van der Waals surface area contributed by atoms with Gasteiger partial charge in [0.25, 0.3) is 0 Å². The molecule has 0 unspecified atom stereocenters. The van der Waals surface area contributed by atoms with E-state index in [9.17, 15) is 4.79 Å². The number of nitrogens with zero attached hydrogens (tertiary/aromatic N) is 4. The Labute approximate surface area is 145 Å². The van der Waals surface area contributed by atoms with Crippen molar-refractivity contribution in [1.29, 1.82) is 0 Å². The third-order valence-electron chi connectivity index (χ3n) is 4.59. The Morgan fingerprint density at radius 1 is 1.40 bits per heavy atom. The summed E-state index contributed by atoms with van der Waals surface area (Å²) in [5.74, 6) is 1.60. The van der Waals surface area contributed by atoms with E-state index in [4.69, 9.17) is 14.1 Å². The van der Waals surface area contributed by atoms with Crippen molar-refractivity contribution in [3.8, 4) is 11.6 Å². The zero-order chi connectivity index (χ0) is 17.2. The standard InChI is InChI=1S/C18H20N4O3/c1-24-11-7-16(23)21-9-6-13(12-21)22-17-14(4-2-8-19-17)20-18(22)15-5-3-10-25-15/h2-5,8,10,13H,6-7,9,11-12H2,1H3/t13-/m1/s1. The third-order valence-corrected chi connectivity index (χ3v) is 4.59. The number of furan rings is 1. The van der Waals surface area contributed by atoms with Gasteiger partial charge in [-0.25, -0.2) is 9.97 Å². The minimum absolute atomic E-state index is 0.126. The van der Waals surface area contributed by atoms with Crippen LogP contribution in [0.15, 0.2) is 41.1 Å². The van der Waals surface area contributed by atoms with E-state index in [-0.39, 0.29) is 11.9 Å². The highest BCUT2D eigenvalue weighted by atomic mass is 16.5. The number of aromatic nitrogens is 3. The van der Waals surface area contributed by atoms with E-state index in [2.05, 4.69) is 9.55 Å². The number of carbonyl (C=O) groups excluding carboxylic acids is 1. The number of rotatable bonds is 5. The molecule has 3 aromatic heterocycles. The fourth-order valence-electron chi connectivity index (χ4n) is 3.38. The lowest BCUT2D eigenvalue weighted by Gasteiger charge is -2.18. The van der Waals surface area contributed by atoms with Crippen LogP contribution in [0.1, 0.15) is 18.9 Å². The van der Waals surface area contributed by atoms with Crippen LogP contribution in [0.3, 0.4) is 0 Å². The Morgan fingerprint density at radius 3 is 3.12 bits per heavy atom. The molecule has 1 aliphatic rings. The van der Waals surface area contributed by atoms with Crippen LogP contribution in [0.5, 0.6) is 0 Å².